The molecular formula is C11H17NO6S. The van der Waals surface area contributed by atoms with Crippen LogP contribution >= 0.6 is 0 Å². The Bertz CT molecular complexity index is 546. The number of hydrogen-bond acceptors (Lipinski definition) is 6. The van der Waals surface area contributed by atoms with Crippen molar-refractivity contribution in [3.05, 3.63) is 17.6 Å². The first kappa shape index (κ1) is 15.7. The maximum atomic E-state index is 11.6. The lowest BCUT2D eigenvalue weighted by atomic mass is 10.4. The smallest absolute Gasteiger partial charge is 0.374 e. The first-order valence-corrected chi connectivity index (χ1v) is 7.18. The normalized spacial score (nSPS) is 11.8. The molecule has 0 spiro atoms. The number of ether oxygens (including phenoxy) is 2. The van der Waals surface area contributed by atoms with Gasteiger partial charge in [-0.15, -0.1) is 0 Å². The van der Waals surface area contributed by atoms with Gasteiger partial charge in [0.2, 0.25) is 15.8 Å². The Hall–Kier alpha value is -1.38. The summed E-state index contributed by atoms with van der Waals surface area (Å²) in [5.41, 5.74) is 0. The number of furan rings is 1. The van der Waals surface area contributed by atoms with Crippen LogP contribution in [-0.4, -0.2) is 33.7 Å². The quantitative estimate of drug-likeness (QED) is 0.614. The summed E-state index contributed by atoms with van der Waals surface area (Å²) in [4.78, 5) is 11.4. The summed E-state index contributed by atoms with van der Waals surface area (Å²) in [5.74, 6) is -0.913. The van der Waals surface area contributed by atoms with Crippen LogP contribution in [0.1, 0.15) is 30.2 Å². The first-order chi connectivity index (χ1) is 8.71. The van der Waals surface area contributed by atoms with Crippen molar-refractivity contribution < 1.29 is 27.1 Å². The molecule has 0 fully saturated rings. The number of aryl methyl sites for hydroxylation is 1. The van der Waals surface area contributed by atoms with E-state index in [1.165, 1.54) is 6.92 Å². The maximum absolute atomic E-state index is 11.6. The molecule has 0 saturated heterocycles. The molecule has 0 aliphatic heterocycles. The van der Waals surface area contributed by atoms with Crippen molar-refractivity contribution in [1.82, 2.24) is 0 Å². The largest absolute Gasteiger partial charge is 0.457 e. The molecule has 1 aromatic heterocycles. The van der Waals surface area contributed by atoms with E-state index < -0.39 is 16.0 Å². The molecule has 0 aromatic carbocycles. The second kappa shape index (κ2) is 6.18. The molecule has 0 aliphatic carbocycles. The van der Waals surface area contributed by atoms with Crippen molar-refractivity contribution in [3.63, 3.8) is 0 Å². The van der Waals surface area contributed by atoms with Crippen LogP contribution in [0.15, 0.2) is 15.4 Å². The minimum absolute atomic E-state index is 0.0403. The Morgan fingerprint density at radius 1 is 1.42 bits per heavy atom. The Morgan fingerprint density at radius 2 is 2.05 bits per heavy atom. The summed E-state index contributed by atoms with van der Waals surface area (Å²) in [6, 6.07) is 1.05. The average molecular weight is 291 g/mol. The summed E-state index contributed by atoms with van der Waals surface area (Å²) in [7, 11) is -3.91. The van der Waals surface area contributed by atoms with Gasteiger partial charge in [0.1, 0.15) is 17.3 Å². The fraction of sp³-hybridized carbons (Fsp3) is 0.545. The Kier molecular flexibility index (Phi) is 5.10. The van der Waals surface area contributed by atoms with Crippen LogP contribution in [0.25, 0.3) is 0 Å². The van der Waals surface area contributed by atoms with E-state index in [9.17, 15) is 13.2 Å². The molecule has 8 heteroatoms. The van der Waals surface area contributed by atoms with E-state index in [1.807, 2.05) is 13.8 Å². The molecule has 0 radical (unpaired) electrons. The number of carbonyl (C=O) groups excluding carboxylic acids is 1. The third kappa shape index (κ3) is 4.66. The topological polar surface area (TPSA) is 109 Å². The molecule has 1 rings (SSSR count). The summed E-state index contributed by atoms with van der Waals surface area (Å²) in [5, 5.41) is 4.97. The zero-order chi connectivity index (χ0) is 14.6. The number of esters is 1. The molecule has 0 atom stereocenters. The van der Waals surface area contributed by atoms with Crippen molar-refractivity contribution >= 4 is 16.0 Å². The van der Waals surface area contributed by atoms with Crippen LogP contribution < -0.4 is 5.14 Å². The van der Waals surface area contributed by atoms with Crippen LogP contribution in [0.4, 0.5) is 0 Å². The van der Waals surface area contributed by atoms with Crippen LogP contribution in [-0.2, 0) is 19.5 Å². The highest BCUT2D eigenvalue weighted by Crippen LogP contribution is 2.19. The third-order valence-corrected chi connectivity index (χ3v) is 3.17. The molecule has 19 heavy (non-hydrogen) atoms. The van der Waals surface area contributed by atoms with Crippen molar-refractivity contribution in [2.24, 2.45) is 5.14 Å². The molecule has 0 amide bonds. The fourth-order valence-corrected chi connectivity index (χ4v) is 2.05. The number of sulfonamides is 1. The van der Waals surface area contributed by atoms with Gasteiger partial charge >= 0.3 is 5.97 Å². The minimum atomic E-state index is -3.91. The van der Waals surface area contributed by atoms with Crippen molar-refractivity contribution in [1.29, 1.82) is 0 Å². The molecule has 0 bridgehead atoms. The van der Waals surface area contributed by atoms with E-state index in [0.717, 1.165) is 6.07 Å². The molecule has 1 heterocycles. The second-order valence-electron chi connectivity index (χ2n) is 4.13. The van der Waals surface area contributed by atoms with Gasteiger partial charge in [0, 0.05) is 6.07 Å². The lowest BCUT2D eigenvalue weighted by molar-refractivity contribution is 0.0154. The van der Waals surface area contributed by atoms with Gasteiger partial charge < -0.3 is 13.9 Å². The van der Waals surface area contributed by atoms with Crippen LogP contribution in [0, 0.1) is 6.92 Å². The predicted octanol–water partition coefficient (Wildman–Crippen LogP) is 0.817. The number of nitrogens with two attached hydrogens (primary N) is 1. The number of rotatable bonds is 6. The third-order valence-electron chi connectivity index (χ3n) is 2.15. The van der Waals surface area contributed by atoms with E-state index in [1.54, 1.807) is 0 Å². The zero-order valence-corrected chi connectivity index (χ0v) is 11.8. The number of hydrogen-bond donors (Lipinski definition) is 1. The zero-order valence-electron chi connectivity index (χ0n) is 11.0. The second-order valence-corrected chi connectivity index (χ2v) is 5.66. The fourth-order valence-electron chi connectivity index (χ4n) is 1.34. The number of primary sulfonamides is 1. The van der Waals surface area contributed by atoms with Gasteiger partial charge in [-0.05, 0) is 20.8 Å². The summed E-state index contributed by atoms with van der Waals surface area (Å²) < 4.78 is 37.4. The SMILES string of the molecule is Cc1oc(C(=O)OCCOC(C)C)cc1S(N)(=O)=O. The molecular weight excluding hydrogens is 274 g/mol. The minimum Gasteiger partial charge on any atom is -0.457 e. The first-order valence-electron chi connectivity index (χ1n) is 5.63. The van der Waals surface area contributed by atoms with Gasteiger partial charge in [-0.25, -0.2) is 18.4 Å². The average Bonchev–Trinajstić information content (AvgIpc) is 2.66. The van der Waals surface area contributed by atoms with Gasteiger partial charge in [-0.3, -0.25) is 0 Å². The van der Waals surface area contributed by atoms with Gasteiger partial charge in [0.25, 0.3) is 0 Å². The van der Waals surface area contributed by atoms with Crippen molar-refractivity contribution in [2.75, 3.05) is 13.2 Å². The highest BCUT2D eigenvalue weighted by atomic mass is 32.2. The van der Waals surface area contributed by atoms with E-state index >= 15 is 0 Å². The maximum Gasteiger partial charge on any atom is 0.374 e. The van der Waals surface area contributed by atoms with Crippen molar-refractivity contribution in [2.45, 2.75) is 31.8 Å². The van der Waals surface area contributed by atoms with Gasteiger partial charge in [-0.1, -0.05) is 0 Å². The predicted molar refractivity (Wildman–Crippen MR) is 66.2 cm³/mol. The van der Waals surface area contributed by atoms with E-state index in [-0.39, 0.29) is 35.7 Å². The van der Waals surface area contributed by atoms with Gasteiger partial charge in [0.15, 0.2) is 0 Å². The van der Waals surface area contributed by atoms with Gasteiger partial charge in [0.05, 0.1) is 12.7 Å². The summed E-state index contributed by atoms with van der Waals surface area (Å²) >= 11 is 0. The molecule has 0 saturated carbocycles. The standard InChI is InChI=1S/C11H17NO6S/c1-7(2)16-4-5-17-11(13)9-6-10(8(3)18-9)19(12,14)15/h6-7H,4-5H2,1-3H3,(H2,12,14,15). The lowest BCUT2D eigenvalue weighted by Crippen LogP contribution is -2.13. The summed E-state index contributed by atoms with van der Waals surface area (Å²) in [6.07, 6.45) is 0.0403. The Labute approximate surface area is 111 Å². The summed E-state index contributed by atoms with van der Waals surface area (Å²) in [6.45, 7) is 5.43. The molecule has 1 aromatic rings. The molecule has 2 N–H and O–H groups in total. The highest BCUT2D eigenvalue weighted by molar-refractivity contribution is 7.89. The van der Waals surface area contributed by atoms with Crippen LogP contribution in [0.3, 0.4) is 0 Å². The Morgan fingerprint density at radius 3 is 2.53 bits per heavy atom. The highest BCUT2D eigenvalue weighted by Gasteiger charge is 2.21. The Balaban J connectivity index is 2.64. The molecule has 108 valence electrons. The van der Waals surface area contributed by atoms with Crippen molar-refractivity contribution in [3.8, 4) is 0 Å². The van der Waals surface area contributed by atoms with Gasteiger partial charge in [-0.2, -0.15) is 0 Å². The van der Waals surface area contributed by atoms with E-state index in [2.05, 4.69) is 0 Å². The number of carbonyl (C=O) groups is 1. The van der Waals surface area contributed by atoms with Crippen LogP contribution in [0.2, 0.25) is 0 Å². The molecule has 0 unspecified atom stereocenters. The monoisotopic (exact) mass is 291 g/mol. The molecule has 0 aliphatic rings. The van der Waals surface area contributed by atoms with E-state index in [0.29, 0.717) is 0 Å². The lowest BCUT2D eigenvalue weighted by Gasteiger charge is -2.07. The molecule has 7 nitrogen and oxygen atoms in total. The van der Waals surface area contributed by atoms with Crippen LogP contribution in [0.5, 0.6) is 0 Å². The van der Waals surface area contributed by atoms with E-state index in [4.69, 9.17) is 19.0 Å².